The first-order valence-electron chi connectivity index (χ1n) is 1.95. The second-order valence-electron chi connectivity index (χ2n) is 0.848. The number of carbonyl (C=O) groups is 3. The molecule has 0 aromatic heterocycles. The molecular weight excluding hydrogens is 265 g/mol. The van der Waals surface area contributed by atoms with Crippen LogP contribution in [-0.2, 0) is 0 Å². The van der Waals surface area contributed by atoms with Gasteiger partial charge in [-0.2, -0.15) is 0 Å². The molecular formula is C3H9KNa2O9. The summed E-state index contributed by atoms with van der Waals surface area (Å²) < 4.78 is 0. The third kappa shape index (κ3) is 1330. The zero-order valence-corrected chi connectivity index (χ0v) is 5.41. The third-order valence-electron chi connectivity index (χ3n) is 0. The zero-order chi connectivity index (χ0) is 10.7. The zero-order valence-electron chi connectivity index (χ0n) is 5.41. The summed E-state index contributed by atoms with van der Waals surface area (Å²) in [6, 6.07) is 0. The minimum absolute atomic E-state index is 0. The average Bonchev–Trinajstić information content (AvgIpc) is 1.54. The van der Waals surface area contributed by atoms with E-state index in [0.717, 1.165) is 0 Å². The molecule has 0 aliphatic rings. The summed E-state index contributed by atoms with van der Waals surface area (Å²) in [5, 5.41) is 41.8. The molecule has 0 heterocycles. The van der Waals surface area contributed by atoms with Crippen LogP contribution in [0.2, 0.25) is 0 Å². The fraction of sp³-hybridized carbons (Fsp3) is 0. The second-order valence-corrected chi connectivity index (χ2v) is 0.848. The van der Waals surface area contributed by atoms with E-state index in [-0.39, 0.29) is 110 Å². The van der Waals surface area contributed by atoms with Gasteiger partial charge in [0.25, 0.3) is 0 Å². The standard InChI is InChI=1S/3CH2O3.K.2Na.3H/c3*2-1(3)4;;;;;;/h3*(H2,2,3,4);;;;;;. The van der Waals surface area contributed by atoms with Gasteiger partial charge in [0.1, 0.15) is 0 Å². The van der Waals surface area contributed by atoms with Gasteiger partial charge in [0.15, 0.2) is 0 Å². The molecule has 0 aromatic rings. The van der Waals surface area contributed by atoms with Crippen LogP contribution in [0.25, 0.3) is 0 Å². The van der Waals surface area contributed by atoms with Crippen molar-refractivity contribution < 1.29 is 45.0 Å². The Labute approximate surface area is 170 Å². The van der Waals surface area contributed by atoms with Gasteiger partial charge < -0.3 is 30.6 Å². The van der Waals surface area contributed by atoms with Crippen molar-refractivity contribution >= 4 is 129 Å². The van der Waals surface area contributed by atoms with Crippen molar-refractivity contribution in [2.24, 2.45) is 0 Å². The fourth-order valence-electron chi connectivity index (χ4n) is 0. The van der Waals surface area contributed by atoms with Crippen LogP contribution in [0, 0.1) is 0 Å². The van der Waals surface area contributed by atoms with E-state index in [1.54, 1.807) is 0 Å². The van der Waals surface area contributed by atoms with Gasteiger partial charge in [0, 0.05) is 0 Å². The van der Waals surface area contributed by atoms with E-state index in [2.05, 4.69) is 0 Å². The predicted molar refractivity (Wildman–Crippen MR) is 53.4 cm³/mol. The molecule has 78 valence electrons. The van der Waals surface area contributed by atoms with Gasteiger partial charge in [-0.15, -0.1) is 0 Å². The molecule has 0 rings (SSSR count). The normalized spacial score (nSPS) is 4.80. The van der Waals surface area contributed by atoms with Gasteiger partial charge in [-0.3, -0.25) is 0 Å². The van der Waals surface area contributed by atoms with Crippen LogP contribution in [0.3, 0.4) is 0 Å². The van der Waals surface area contributed by atoms with Crippen LogP contribution < -0.4 is 0 Å². The van der Waals surface area contributed by atoms with Gasteiger partial charge in [-0.25, -0.2) is 14.4 Å². The summed E-state index contributed by atoms with van der Waals surface area (Å²) in [7, 11) is 0. The van der Waals surface area contributed by atoms with Crippen LogP contribution in [0.15, 0.2) is 0 Å². The van der Waals surface area contributed by atoms with E-state index in [1.165, 1.54) is 0 Å². The van der Waals surface area contributed by atoms with Crippen LogP contribution in [0.1, 0.15) is 0 Å². The quantitative estimate of drug-likeness (QED) is 0.294. The van der Waals surface area contributed by atoms with Crippen LogP contribution in [0.5, 0.6) is 0 Å². The van der Waals surface area contributed by atoms with Crippen molar-refractivity contribution in [2.45, 2.75) is 0 Å². The molecule has 0 aliphatic carbocycles. The monoisotopic (exact) mass is 274 g/mol. The van der Waals surface area contributed by atoms with E-state index in [1.807, 2.05) is 0 Å². The van der Waals surface area contributed by atoms with Gasteiger partial charge in [-0.1, -0.05) is 0 Å². The van der Waals surface area contributed by atoms with Crippen LogP contribution in [-0.4, -0.2) is 160 Å². The van der Waals surface area contributed by atoms with Crippen molar-refractivity contribution in [3.05, 3.63) is 0 Å². The van der Waals surface area contributed by atoms with E-state index in [9.17, 15) is 0 Å². The van der Waals surface area contributed by atoms with Crippen molar-refractivity contribution in [2.75, 3.05) is 0 Å². The fourth-order valence-corrected chi connectivity index (χ4v) is 0. The molecule has 0 bridgehead atoms. The molecule has 0 aromatic carbocycles. The molecule has 0 radical (unpaired) electrons. The molecule has 0 amide bonds. The third-order valence-corrected chi connectivity index (χ3v) is 0. The molecule has 0 atom stereocenters. The van der Waals surface area contributed by atoms with Crippen LogP contribution in [0.4, 0.5) is 14.4 Å². The molecule has 0 saturated heterocycles. The molecule has 0 fully saturated rings. The molecule has 6 N–H and O–H groups in total. The molecule has 15 heavy (non-hydrogen) atoms. The molecule has 0 saturated carbocycles. The maximum atomic E-state index is 8.56. The van der Waals surface area contributed by atoms with E-state index >= 15 is 0 Å². The molecule has 0 aliphatic heterocycles. The van der Waals surface area contributed by atoms with Gasteiger partial charge >= 0.3 is 129 Å². The predicted octanol–water partition coefficient (Wildman–Crippen LogP) is -1.28. The molecule has 9 nitrogen and oxygen atoms in total. The van der Waals surface area contributed by atoms with Crippen molar-refractivity contribution in [3.63, 3.8) is 0 Å². The van der Waals surface area contributed by atoms with Crippen molar-refractivity contribution in [1.29, 1.82) is 0 Å². The van der Waals surface area contributed by atoms with E-state index in [0.29, 0.717) is 0 Å². The number of rotatable bonds is 0. The summed E-state index contributed by atoms with van der Waals surface area (Å²) in [5.74, 6) is 0. The van der Waals surface area contributed by atoms with Crippen LogP contribution >= 0.6 is 0 Å². The van der Waals surface area contributed by atoms with E-state index < -0.39 is 18.5 Å². The Bertz CT molecular complexity index is 121. The molecule has 0 unspecified atom stereocenters. The number of hydrogen-bond acceptors (Lipinski definition) is 3. The summed E-state index contributed by atoms with van der Waals surface area (Å²) >= 11 is 0. The summed E-state index contributed by atoms with van der Waals surface area (Å²) in [6.07, 6.45) is -5.50. The van der Waals surface area contributed by atoms with Gasteiger partial charge in [-0.05, 0) is 0 Å². The summed E-state index contributed by atoms with van der Waals surface area (Å²) in [4.78, 5) is 25.7. The minimum atomic E-state index is -1.83. The Morgan fingerprint density at radius 3 is 0.533 bits per heavy atom. The Kier molecular flexibility index (Phi) is 70.8. The number of carboxylic acid groups (broad SMARTS) is 6. The van der Waals surface area contributed by atoms with Crippen molar-refractivity contribution in [3.8, 4) is 0 Å². The Morgan fingerprint density at radius 1 is 0.533 bits per heavy atom. The first-order chi connectivity index (χ1) is 5.20. The van der Waals surface area contributed by atoms with E-state index in [4.69, 9.17) is 45.0 Å². The Morgan fingerprint density at radius 2 is 0.533 bits per heavy atom. The first-order valence-corrected chi connectivity index (χ1v) is 1.95. The maximum absolute atomic E-state index is 8.56. The van der Waals surface area contributed by atoms with Gasteiger partial charge in [0.05, 0.1) is 0 Å². The van der Waals surface area contributed by atoms with Crippen molar-refractivity contribution in [1.82, 2.24) is 0 Å². The molecule has 0 spiro atoms. The SMILES string of the molecule is O=C(O)O.O=C(O)O.O=C(O)O.[KH].[NaH].[NaH]. The topological polar surface area (TPSA) is 173 Å². The summed E-state index contributed by atoms with van der Waals surface area (Å²) in [5.41, 5.74) is 0. The molecule has 12 heteroatoms. The average molecular weight is 274 g/mol. The Balaban J connectivity index is -0.0000000184. The summed E-state index contributed by atoms with van der Waals surface area (Å²) in [6.45, 7) is 0. The Hall–Kier alpha value is 1.45. The number of hydrogen-bond donors (Lipinski definition) is 6. The second kappa shape index (κ2) is 29.5. The first kappa shape index (κ1) is 36.0. The van der Waals surface area contributed by atoms with Gasteiger partial charge in [0.2, 0.25) is 0 Å².